The van der Waals surface area contributed by atoms with E-state index in [0.717, 1.165) is 18.5 Å². The van der Waals surface area contributed by atoms with Gasteiger partial charge in [0.05, 0.1) is 12.0 Å². The molecule has 1 aliphatic heterocycles. The van der Waals surface area contributed by atoms with Crippen LogP contribution in [0.2, 0.25) is 0 Å². The van der Waals surface area contributed by atoms with Crippen molar-refractivity contribution in [2.75, 3.05) is 13.1 Å². The van der Waals surface area contributed by atoms with E-state index in [9.17, 15) is 9.90 Å². The van der Waals surface area contributed by atoms with E-state index in [1.54, 1.807) is 4.90 Å². The molecule has 1 fully saturated rings. The molecule has 1 aromatic carbocycles. The second kappa shape index (κ2) is 5.53. The Morgan fingerprint density at radius 2 is 2.06 bits per heavy atom. The van der Waals surface area contributed by atoms with Crippen molar-refractivity contribution in [1.29, 1.82) is 0 Å². The smallest absolute Gasteiger partial charge is 0.229 e. The molecule has 2 rings (SSSR count). The molecule has 18 heavy (non-hydrogen) atoms. The minimum absolute atomic E-state index is 0.118. The van der Waals surface area contributed by atoms with Crippen LogP contribution in [0, 0.1) is 5.92 Å². The van der Waals surface area contributed by atoms with Gasteiger partial charge in [-0.25, -0.2) is 0 Å². The van der Waals surface area contributed by atoms with Gasteiger partial charge in [0.15, 0.2) is 0 Å². The second-order valence-electron chi connectivity index (χ2n) is 5.25. The number of nitrogens with zero attached hydrogens (tertiary/aromatic N) is 1. The molecule has 3 atom stereocenters. The first-order valence-electron chi connectivity index (χ1n) is 6.61. The number of hydrogen-bond acceptors (Lipinski definition) is 2. The number of carbonyl (C=O) groups excluding carboxylic acids is 1. The summed E-state index contributed by atoms with van der Waals surface area (Å²) >= 11 is 0. The Kier molecular flexibility index (Phi) is 4.02. The van der Waals surface area contributed by atoms with E-state index in [1.165, 1.54) is 0 Å². The number of aliphatic hydroxyl groups excluding tert-OH is 1. The van der Waals surface area contributed by atoms with E-state index >= 15 is 0 Å². The molecule has 3 unspecified atom stereocenters. The summed E-state index contributed by atoms with van der Waals surface area (Å²) in [4.78, 5) is 14.2. The Labute approximate surface area is 108 Å². The van der Waals surface area contributed by atoms with E-state index in [1.807, 2.05) is 44.2 Å². The van der Waals surface area contributed by atoms with Crippen molar-refractivity contribution in [3.05, 3.63) is 35.9 Å². The van der Waals surface area contributed by atoms with Crippen LogP contribution >= 0.6 is 0 Å². The lowest BCUT2D eigenvalue weighted by molar-refractivity contribution is -0.136. The SMILES string of the molecule is CC(C(=O)N1CCC(C)C(O)C1)c1ccccc1. The highest BCUT2D eigenvalue weighted by Gasteiger charge is 2.29. The predicted octanol–water partition coefficient (Wildman–Crippen LogP) is 2.02. The molecule has 0 bridgehead atoms. The summed E-state index contributed by atoms with van der Waals surface area (Å²) in [7, 11) is 0. The van der Waals surface area contributed by atoms with Crippen molar-refractivity contribution in [3.63, 3.8) is 0 Å². The summed E-state index contributed by atoms with van der Waals surface area (Å²) in [6, 6.07) is 9.81. The van der Waals surface area contributed by atoms with E-state index in [2.05, 4.69) is 0 Å². The van der Waals surface area contributed by atoms with E-state index in [-0.39, 0.29) is 17.9 Å². The van der Waals surface area contributed by atoms with Gasteiger partial charge in [-0.15, -0.1) is 0 Å². The largest absolute Gasteiger partial charge is 0.391 e. The number of likely N-dealkylation sites (tertiary alicyclic amines) is 1. The molecule has 1 saturated heterocycles. The van der Waals surface area contributed by atoms with Crippen LogP contribution in [-0.4, -0.2) is 35.1 Å². The zero-order valence-corrected chi connectivity index (χ0v) is 11.0. The van der Waals surface area contributed by atoms with Gasteiger partial charge in [0.1, 0.15) is 0 Å². The number of aliphatic hydroxyl groups is 1. The number of benzene rings is 1. The van der Waals surface area contributed by atoms with Gasteiger partial charge >= 0.3 is 0 Å². The fourth-order valence-electron chi connectivity index (χ4n) is 2.41. The third-order valence-corrected chi connectivity index (χ3v) is 3.90. The third-order valence-electron chi connectivity index (χ3n) is 3.90. The van der Waals surface area contributed by atoms with Gasteiger partial charge < -0.3 is 10.0 Å². The van der Waals surface area contributed by atoms with Gasteiger partial charge in [-0.3, -0.25) is 4.79 Å². The average molecular weight is 247 g/mol. The van der Waals surface area contributed by atoms with Gasteiger partial charge in [-0.05, 0) is 24.8 Å². The molecule has 0 radical (unpaired) electrons. The van der Waals surface area contributed by atoms with Crippen LogP contribution in [0.3, 0.4) is 0 Å². The average Bonchev–Trinajstić information content (AvgIpc) is 2.41. The van der Waals surface area contributed by atoms with Crippen LogP contribution in [0.5, 0.6) is 0 Å². The van der Waals surface area contributed by atoms with Gasteiger partial charge in [0, 0.05) is 13.1 Å². The maximum Gasteiger partial charge on any atom is 0.229 e. The van der Waals surface area contributed by atoms with Crippen LogP contribution in [0.15, 0.2) is 30.3 Å². The minimum Gasteiger partial charge on any atom is -0.391 e. The highest BCUT2D eigenvalue weighted by Crippen LogP contribution is 2.22. The lowest BCUT2D eigenvalue weighted by atomic mass is 9.93. The normalized spacial score (nSPS) is 25.8. The van der Waals surface area contributed by atoms with Crippen LogP contribution in [0.25, 0.3) is 0 Å². The Hall–Kier alpha value is -1.35. The number of piperidine rings is 1. The van der Waals surface area contributed by atoms with Crippen molar-refractivity contribution >= 4 is 5.91 Å². The molecule has 98 valence electrons. The van der Waals surface area contributed by atoms with Crippen molar-refractivity contribution in [1.82, 2.24) is 4.90 Å². The lowest BCUT2D eigenvalue weighted by Crippen LogP contribution is -2.47. The molecular formula is C15H21NO2. The lowest BCUT2D eigenvalue weighted by Gasteiger charge is -2.35. The highest BCUT2D eigenvalue weighted by atomic mass is 16.3. The molecule has 0 aliphatic carbocycles. The summed E-state index contributed by atoms with van der Waals surface area (Å²) < 4.78 is 0. The van der Waals surface area contributed by atoms with Gasteiger partial charge in [-0.2, -0.15) is 0 Å². The van der Waals surface area contributed by atoms with Gasteiger partial charge in [0.25, 0.3) is 0 Å². The zero-order valence-electron chi connectivity index (χ0n) is 11.0. The summed E-state index contributed by atoms with van der Waals surface area (Å²) in [5.74, 6) is 0.278. The molecule has 1 aliphatic rings. The molecule has 1 N–H and O–H groups in total. The molecular weight excluding hydrogens is 226 g/mol. The maximum absolute atomic E-state index is 12.4. The zero-order chi connectivity index (χ0) is 13.1. The second-order valence-corrected chi connectivity index (χ2v) is 5.25. The summed E-state index contributed by atoms with van der Waals surface area (Å²) in [6.45, 7) is 5.20. The first kappa shape index (κ1) is 13.1. The van der Waals surface area contributed by atoms with Crippen molar-refractivity contribution in [2.24, 2.45) is 5.92 Å². The summed E-state index contributed by atoms with van der Waals surface area (Å²) in [5.41, 5.74) is 1.04. The van der Waals surface area contributed by atoms with Gasteiger partial charge in [0.2, 0.25) is 5.91 Å². The number of carbonyl (C=O) groups is 1. The summed E-state index contributed by atoms with van der Waals surface area (Å²) in [5, 5.41) is 9.86. The third kappa shape index (κ3) is 2.72. The fourth-order valence-corrected chi connectivity index (χ4v) is 2.41. The Bertz CT molecular complexity index is 404. The predicted molar refractivity (Wildman–Crippen MR) is 71.2 cm³/mol. The standard InChI is InChI=1S/C15H21NO2/c1-11-8-9-16(10-14(11)17)15(18)12(2)13-6-4-3-5-7-13/h3-7,11-12,14,17H,8-10H2,1-2H3. The number of rotatable bonds is 2. The molecule has 0 spiro atoms. The Balaban J connectivity index is 2.03. The van der Waals surface area contributed by atoms with Crippen molar-refractivity contribution in [2.45, 2.75) is 32.3 Å². The fraction of sp³-hybridized carbons (Fsp3) is 0.533. The topological polar surface area (TPSA) is 40.5 Å². The van der Waals surface area contributed by atoms with Crippen LogP contribution < -0.4 is 0 Å². The molecule has 1 aromatic rings. The van der Waals surface area contributed by atoms with Crippen LogP contribution in [-0.2, 0) is 4.79 Å². The Morgan fingerprint density at radius 3 is 2.67 bits per heavy atom. The number of β-amino-alcohol motifs (C(OH)–C–C–N with tert-alkyl or cyclic N) is 1. The van der Waals surface area contributed by atoms with E-state index < -0.39 is 0 Å². The summed E-state index contributed by atoms with van der Waals surface area (Å²) in [6.07, 6.45) is 0.500. The number of amides is 1. The van der Waals surface area contributed by atoms with E-state index in [4.69, 9.17) is 0 Å². The highest BCUT2D eigenvalue weighted by molar-refractivity contribution is 5.83. The minimum atomic E-state index is -0.384. The molecule has 3 nitrogen and oxygen atoms in total. The van der Waals surface area contributed by atoms with E-state index in [0.29, 0.717) is 12.5 Å². The molecule has 1 heterocycles. The molecule has 1 amide bonds. The van der Waals surface area contributed by atoms with Crippen molar-refractivity contribution < 1.29 is 9.90 Å². The Morgan fingerprint density at radius 1 is 1.39 bits per heavy atom. The maximum atomic E-state index is 12.4. The molecule has 0 aromatic heterocycles. The molecule has 3 heteroatoms. The first-order valence-corrected chi connectivity index (χ1v) is 6.61. The van der Waals surface area contributed by atoms with Crippen molar-refractivity contribution in [3.8, 4) is 0 Å². The monoisotopic (exact) mass is 247 g/mol. The quantitative estimate of drug-likeness (QED) is 0.868. The molecule has 0 saturated carbocycles. The first-order chi connectivity index (χ1) is 8.59. The number of hydrogen-bond donors (Lipinski definition) is 1. The van der Waals surface area contributed by atoms with Gasteiger partial charge in [-0.1, -0.05) is 37.3 Å². The van der Waals surface area contributed by atoms with Crippen LogP contribution in [0.4, 0.5) is 0 Å². The van der Waals surface area contributed by atoms with Crippen LogP contribution in [0.1, 0.15) is 31.7 Å².